The van der Waals surface area contributed by atoms with Crippen molar-refractivity contribution in [2.24, 2.45) is 7.05 Å². The molecule has 0 amide bonds. The third kappa shape index (κ3) is 4.71. The van der Waals surface area contributed by atoms with E-state index in [4.69, 9.17) is 21.3 Å². The number of halogens is 1. The molecule has 0 radical (unpaired) electrons. The van der Waals surface area contributed by atoms with Crippen LogP contribution >= 0.6 is 22.9 Å². The van der Waals surface area contributed by atoms with E-state index in [2.05, 4.69) is 15.2 Å². The molecule has 4 rings (SSSR count). The fourth-order valence-electron chi connectivity index (χ4n) is 4.09. The topological polar surface area (TPSA) is 75.5 Å². The molecule has 0 aliphatic carbocycles. The Bertz CT molecular complexity index is 1180. The number of nitrogens with one attached hydrogen (secondary N) is 1. The van der Waals surface area contributed by atoms with Gasteiger partial charge in [-0.15, -0.1) is 11.3 Å². The Morgan fingerprint density at radius 1 is 1.33 bits per heavy atom. The Hall–Kier alpha value is -2.62. The maximum absolute atomic E-state index is 13.4. The van der Waals surface area contributed by atoms with E-state index >= 15 is 0 Å². The summed E-state index contributed by atoms with van der Waals surface area (Å²) in [5.41, 5.74) is 2.67. The molecule has 1 fully saturated rings. The fraction of sp³-hybridized carbons (Fsp3) is 0.435. The molecule has 0 saturated carbocycles. The predicted molar refractivity (Wildman–Crippen MR) is 136 cm³/mol. The molecule has 10 heteroatoms. The highest BCUT2D eigenvalue weighted by molar-refractivity contribution is 7.13. The summed E-state index contributed by atoms with van der Waals surface area (Å²) in [6, 6.07) is 5.69. The van der Waals surface area contributed by atoms with Gasteiger partial charge in [-0.25, -0.2) is 9.97 Å². The second kappa shape index (κ2) is 9.70. The van der Waals surface area contributed by atoms with Gasteiger partial charge in [0.25, 0.3) is 5.56 Å². The van der Waals surface area contributed by atoms with Crippen LogP contribution in [0.5, 0.6) is 0 Å². The summed E-state index contributed by atoms with van der Waals surface area (Å²) in [7, 11) is 5.64. The number of benzene rings is 1. The third-order valence-electron chi connectivity index (χ3n) is 5.85. The van der Waals surface area contributed by atoms with E-state index in [1.807, 2.05) is 56.4 Å². The van der Waals surface area contributed by atoms with Crippen LogP contribution in [0.25, 0.3) is 11.4 Å². The Kier molecular flexibility index (Phi) is 6.92. The number of hydrogen-bond donors (Lipinski definition) is 1. The van der Waals surface area contributed by atoms with Crippen LogP contribution in [0.3, 0.4) is 0 Å². The van der Waals surface area contributed by atoms with Crippen LogP contribution in [0.4, 0.5) is 16.5 Å². The van der Waals surface area contributed by atoms with Gasteiger partial charge in [0.15, 0.2) is 5.13 Å². The van der Waals surface area contributed by atoms with Crippen molar-refractivity contribution >= 4 is 39.4 Å². The van der Waals surface area contributed by atoms with Crippen LogP contribution in [-0.2, 0) is 11.8 Å². The van der Waals surface area contributed by atoms with Crippen molar-refractivity contribution in [1.82, 2.24) is 14.5 Å². The van der Waals surface area contributed by atoms with E-state index in [1.54, 1.807) is 29.1 Å². The molecule has 8 nitrogen and oxygen atoms in total. The lowest BCUT2D eigenvalue weighted by atomic mass is 10.1. The SMILES string of the molecule is CCO[C@H]1CN(c2nccs2)CC1Nc1c(C)nc(-c2ccc(N(C)C)cc2Cl)n(C)c1=O. The summed E-state index contributed by atoms with van der Waals surface area (Å²) in [5.74, 6) is 0.538. The highest BCUT2D eigenvalue weighted by Gasteiger charge is 2.35. The van der Waals surface area contributed by atoms with Crippen LogP contribution in [-0.4, -0.2) is 60.5 Å². The van der Waals surface area contributed by atoms with E-state index < -0.39 is 0 Å². The molecule has 0 spiro atoms. The molecule has 1 aromatic carbocycles. The molecule has 3 heterocycles. The number of hydrogen-bond acceptors (Lipinski definition) is 8. The quantitative estimate of drug-likeness (QED) is 0.544. The van der Waals surface area contributed by atoms with Gasteiger partial charge in [0.2, 0.25) is 0 Å². The molecular weight excluding hydrogens is 460 g/mol. The standard InChI is InChI=1S/C23H29ClN6O2S/c1-6-32-19-13-30(23-25-9-10-33-23)12-18(19)27-20-14(2)26-21(29(5)22(20)31)16-8-7-15(28(3)4)11-17(16)24/h7-11,18-19,27H,6,12-13H2,1-5H3/t18?,19-/m0/s1. The molecule has 1 aliphatic rings. The molecule has 1 aliphatic heterocycles. The van der Waals surface area contributed by atoms with E-state index in [0.717, 1.165) is 22.9 Å². The van der Waals surface area contributed by atoms with Crippen molar-refractivity contribution < 1.29 is 4.74 Å². The number of anilines is 3. The van der Waals surface area contributed by atoms with Crippen molar-refractivity contribution in [2.45, 2.75) is 26.0 Å². The van der Waals surface area contributed by atoms with E-state index in [0.29, 0.717) is 35.4 Å². The minimum atomic E-state index is -0.145. The Balaban J connectivity index is 1.64. The van der Waals surface area contributed by atoms with Gasteiger partial charge in [0.1, 0.15) is 11.5 Å². The number of aryl methyl sites for hydroxylation is 1. The third-order valence-corrected chi connectivity index (χ3v) is 6.99. The number of rotatable bonds is 7. The monoisotopic (exact) mass is 488 g/mol. The number of nitrogens with zero attached hydrogens (tertiary/aromatic N) is 5. The fourth-order valence-corrected chi connectivity index (χ4v) is 5.01. The van der Waals surface area contributed by atoms with Crippen molar-refractivity contribution in [3.63, 3.8) is 0 Å². The first-order chi connectivity index (χ1) is 15.8. The molecule has 2 atom stereocenters. The Labute approximate surface area is 202 Å². The highest BCUT2D eigenvalue weighted by Crippen LogP contribution is 2.31. The summed E-state index contributed by atoms with van der Waals surface area (Å²) in [6.07, 6.45) is 1.74. The second-order valence-corrected chi connectivity index (χ2v) is 9.56. The maximum Gasteiger partial charge on any atom is 0.277 e. The lowest BCUT2D eigenvalue weighted by Crippen LogP contribution is -2.38. The normalized spacial score (nSPS) is 18.1. The largest absolute Gasteiger partial charge is 0.378 e. The van der Waals surface area contributed by atoms with E-state index in [1.165, 1.54) is 0 Å². The van der Waals surface area contributed by atoms with Gasteiger partial charge in [-0.2, -0.15) is 0 Å². The van der Waals surface area contributed by atoms with Crippen LogP contribution in [0.2, 0.25) is 5.02 Å². The summed E-state index contributed by atoms with van der Waals surface area (Å²) in [5, 5.41) is 6.91. The number of aromatic nitrogens is 3. The van der Waals surface area contributed by atoms with Crippen molar-refractivity contribution in [3.8, 4) is 11.4 Å². The highest BCUT2D eigenvalue weighted by atomic mass is 35.5. The number of thiazole rings is 1. The van der Waals surface area contributed by atoms with E-state index in [-0.39, 0.29) is 17.7 Å². The molecule has 176 valence electrons. The zero-order chi connectivity index (χ0) is 23.7. The van der Waals surface area contributed by atoms with Gasteiger partial charge in [0.05, 0.1) is 22.9 Å². The first-order valence-electron chi connectivity index (χ1n) is 10.9. The molecule has 1 saturated heterocycles. The zero-order valence-electron chi connectivity index (χ0n) is 19.5. The zero-order valence-corrected chi connectivity index (χ0v) is 21.1. The molecule has 2 aromatic heterocycles. The average molecular weight is 489 g/mol. The summed E-state index contributed by atoms with van der Waals surface area (Å²) < 4.78 is 7.54. The Morgan fingerprint density at radius 2 is 2.12 bits per heavy atom. The van der Waals surface area contributed by atoms with Crippen molar-refractivity contribution in [3.05, 3.63) is 50.8 Å². The molecule has 3 aromatic rings. The van der Waals surface area contributed by atoms with Gasteiger partial charge >= 0.3 is 0 Å². The molecule has 33 heavy (non-hydrogen) atoms. The van der Waals surface area contributed by atoms with Crippen LogP contribution < -0.4 is 20.7 Å². The lowest BCUT2D eigenvalue weighted by Gasteiger charge is -2.22. The summed E-state index contributed by atoms with van der Waals surface area (Å²) >= 11 is 8.15. The minimum Gasteiger partial charge on any atom is -0.378 e. The average Bonchev–Trinajstić information content (AvgIpc) is 3.44. The van der Waals surface area contributed by atoms with Crippen molar-refractivity contribution in [2.75, 3.05) is 48.9 Å². The number of ether oxygens (including phenoxy) is 1. The summed E-state index contributed by atoms with van der Waals surface area (Å²) in [4.78, 5) is 26.7. The molecular formula is C23H29ClN6O2S. The maximum atomic E-state index is 13.4. The van der Waals surface area contributed by atoms with Crippen LogP contribution in [0.15, 0.2) is 34.6 Å². The lowest BCUT2D eigenvalue weighted by molar-refractivity contribution is 0.0720. The summed E-state index contributed by atoms with van der Waals surface area (Å²) in [6.45, 7) is 5.84. The minimum absolute atomic E-state index is 0.0594. The molecule has 1 N–H and O–H groups in total. The van der Waals surface area contributed by atoms with Crippen molar-refractivity contribution in [1.29, 1.82) is 0 Å². The Morgan fingerprint density at radius 3 is 2.76 bits per heavy atom. The smallest absolute Gasteiger partial charge is 0.277 e. The van der Waals surface area contributed by atoms with Gasteiger partial charge in [-0.1, -0.05) is 11.6 Å². The van der Waals surface area contributed by atoms with E-state index in [9.17, 15) is 4.79 Å². The van der Waals surface area contributed by atoms with Gasteiger partial charge in [-0.3, -0.25) is 9.36 Å². The van der Waals surface area contributed by atoms with Gasteiger partial charge in [-0.05, 0) is 32.0 Å². The van der Waals surface area contributed by atoms with Gasteiger partial charge in [0, 0.05) is 63.7 Å². The molecule has 1 unspecified atom stereocenters. The molecule has 0 bridgehead atoms. The van der Waals surface area contributed by atoms with Gasteiger partial charge < -0.3 is 19.9 Å². The predicted octanol–water partition coefficient (Wildman–Crippen LogP) is 3.64. The van der Waals surface area contributed by atoms with Crippen LogP contribution in [0, 0.1) is 6.92 Å². The second-order valence-electron chi connectivity index (χ2n) is 8.28. The first kappa shape index (κ1) is 23.5. The van der Waals surface area contributed by atoms with Crippen LogP contribution in [0.1, 0.15) is 12.6 Å². The first-order valence-corrected chi connectivity index (χ1v) is 12.1.